The Balaban J connectivity index is 1.11. The van der Waals surface area contributed by atoms with E-state index >= 15 is 0 Å². The Labute approximate surface area is 170 Å². The van der Waals surface area contributed by atoms with E-state index in [0.29, 0.717) is 18.0 Å². The fourth-order valence-electron chi connectivity index (χ4n) is 4.34. The fourth-order valence-corrected chi connectivity index (χ4v) is 5.41. The van der Waals surface area contributed by atoms with Crippen molar-refractivity contribution in [3.63, 3.8) is 0 Å². The summed E-state index contributed by atoms with van der Waals surface area (Å²) in [5, 5.41) is 13.0. The molecule has 3 heterocycles. The van der Waals surface area contributed by atoms with Gasteiger partial charge in [0.05, 0.1) is 17.4 Å². The molecule has 0 spiro atoms. The molecule has 150 valence electrons. The standard InChI is InChI=1S/C21H29N5OS/c1-2-26-12-16(11-22-26)24-21(27)14-9-20(28-13-14)18-10-19(18)23-15-5-7-25(8-6-15)17-3-4-17/h9,11-13,15,17-19,23H,2-8,10H2,1H3,(H,24,27). The Kier molecular flexibility index (Phi) is 4.99. The minimum Gasteiger partial charge on any atom is -0.319 e. The van der Waals surface area contributed by atoms with Gasteiger partial charge >= 0.3 is 0 Å². The van der Waals surface area contributed by atoms with Crippen LogP contribution in [0.1, 0.15) is 60.2 Å². The molecule has 2 saturated carbocycles. The van der Waals surface area contributed by atoms with Crippen molar-refractivity contribution in [1.29, 1.82) is 0 Å². The van der Waals surface area contributed by atoms with E-state index in [1.807, 2.05) is 23.2 Å². The maximum absolute atomic E-state index is 12.5. The number of piperidine rings is 1. The van der Waals surface area contributed by atoms with E-state index in [1.54, 1.807) is 17.5 Å². The van der Waals surface area contributed by atoms with Gasteiger partial charge in [0.15, 0.2) is 0 Å². The molecule has 0 radical (unpaired) electrons. The first kappa shape index (κ1) is 18.3. The second kappa shape index (κ2) is 7.61. The molecule has 2 N–H and O–H groups in total. The van der Waals surface area contributed by atoms with E-state index in [0.717, 1.165) is 23.8 Å². The molecular formula is C21H29N5OS. The molecule has 2 aromatic rings. The lowest BCUT2D eigenvalue weighted by molar-refractivity contribution is 0.102. The van der Waals surface area contributed by atoms with Gasteiger partial charge in [-0.3, -0.25) is 9.48 Å². The van der Waals surface area contributed by atoms with Gasteiger partial charge < -0.3 is 15.5 Å². The first-order valence-electron chi connectivity index (χ1n) is 10.6. The summed E-state index contributed by atoms with van der Waals surface area (Å²) in [5.41, 5.74) is 1.51. The summed E-state index contributed by atoms with van der Waals surface area (Å²) in [6, 6.07) is 4.24. The molecular weight excluding hydrogens is 370 g/mol. The molecule has 1 saturated heterocycles. The summed E-state index contributed by atoms with van der Waals surface area (Å²) in [6.07, 6.45) is 10.2. The number of carbonyl (C=O) groups is 1. The highest BCUT2D eigenvalue weighted by molar-refractivity contribution is 7.10. The zero-order valence-corrected chi connectivity index (χ0v) is 17.3. The molecule has 3 fully saturated rings. The number of aryl methyl sites for hydroxylation is 1. The molecule has 2 aliphatic carbocycles. The van der Waals surface area contributed by atoms with E-state index in [2.05, 4.69) is 26.7 Å². The number of anilines is 1. The summed E-state index contributed by atoms with van der Waals surface area (Å²) in [7, 11) is 0. The number of nitrogens with one attached hydrogen (secondary N) is 2. The van der Waals surface area contributed by atoms with Crippen LogP contribution in [0.25, 0.3) is 0 Å². The van der Waals surface area contributed by atoms with Gasteiger partial charge in [0.1, 0.15) is 0 Å². The molecule has 7 heteroatoms. The average molecular weight is 400 g/mol. The van der Waals surface area contributed by atoms with Crippen molar-refractivity contribution in [2.45, 2.75) is 69.6 Å². The molecule has 1 amide bonds. The van der Waals surface area contributed by atoms with Gasteiger partial charge in [-0.05, 0) is 58.2 Å². The van der Waals surface area contributed by atoms with Crippen molar-refractivity contribution in [2.24, 2.45) is 0 Å². The molecule has 1 aliphatic heterocycles. The fraction of sp³-hybridized carbons (Fsp3) is 0.619. The van der Waals surface area contributed by atoms with Crippen LogP contribution in [0.15, 0.2) is 23.8 Å². The molecule has 0 aromatic carbocycles. The van der Waals surface area contributed by atoms with Crippen LogP contribution in [0.3, 0.4) is 0 Å². The number of nitrogens with zero attached hydrogens (tertiary/aromatic N) is 3. The van der Waals surface area contributed by atoms with E-state index in [9.17, 15) is 4.79 Å². The summed E-state index contributed by atoms with van der Waals surface area (Å²) >= 11 is 1.72. The maximum Gasteiger partial charge on any atom is 0.256 e. The second-order valence-corrected chi connectivity index (χ2v) is 9.38. The van der Waals surface area contributed by atoms with Crippen molar-refractivity contribution in [3.05, 3.63) is 34.3 Å². The summed E-state index contributed by atoms with van der Waals surface area (Å²) in [4.78, 5) is 16.5. The van der Waals surface area contributed by atoms with Crippen LogP contribution >= 0.6 is 11.3 Å². The highest BCUT2D eigenvalue weighted by atomic mass is 32.1. The first-order chi connectivity index (χ1) is 13.7. The Hall–Kier alpha value is -1.70. The van der Waals surface area contributed by atoms with Crippen LogP contribution in [0.4, 0.5) is 5.69 Å². The van der Waals surface area contributed by atoms with Gasteiger partial charge in [0.25, 0.3) is 5.91 Å². The van der Waals surface area contributed by atoms with Crippen molar-refractivity contribution in [2.75, 3.05) is 18.4 Å². The number of thiophene rings is 1. The molecule has 2 unspecified atom stereocenters. The van der Waals surface area contributed by atoms with Gasteiger partial charge in [0.2, 0.25) is 0 Å². The van der Waals surface area contributed by atoms with Crippen molar-refractivity contribution in [1.82, 2.24) is 20.0 Å². The Morgan fingerprint density at radius 3 is 2.82 bits per heavy atom. The minimum atomic E-state index is -0.0456. The van der Waals surface area contributed by atoms with Crippen LogP contribution in [-0.4, -0.2) is 51.8 Å². The van der Waals surface area contributed by atoms with E-state index in [1.165, 1.54) is 50.1 Å². The SMILES string of the molecule is CCn1cc(NC(=O)c2csc(C3CC3NC3CCN(C4CC4)CC3)c2)cn1. The number of amides is 1. The number of aromatic nitrogens is 2. The Morgan fingerprint density at radius 2 is 2.11 bits per heavy atom. The normalized spacial score (nSPS) is 25.8. The van der Waals surface area contributed by atoms with Gasteiger partial charge in [0, 0.05) is 47.0 Å². The van der Waals surface area contributed by atoms with E-state index < -0.39 is 0 Å². The van der Waals surface area contributed by atoms with Crippen molar-refractivity contribution < 1.29 is 4.79 Å². The highest BCUT2D eigenvalue weighted by Crippen LogP contribution is 2.44. The monoisotopic (exact) mass is 399 g/mol. The number of carbonyl (C=O) groups excluding carboxylic acids is 1. The van der Waals surface area contributed by atoms with Gasteiger partial charge in [-0.15, -0.1) is 11.3 Å². The lowest BCUT2D eigenvalue weighted by atomic mass is 10.0. The molecule has 28 heavy (non-hydrogen) atoms. The van der Waals surface area contributed by atoms with Crippen molar-refractivity contribution in [3.8, 4) is 0 Å². The Morgan fingerprint density at radius 1 is 1.29 bits per heavy atom. The third-order valence-corrected chi connectivity index (χ3v) is 7.36. The molecule has 0 bridgehead atoms. The molecule has 2 atom stereocenters. The largest absolute Gasteiger partial charge is 0.319 e. The third-order valence-electron chi connectivity index (χ3n) is 6.30. The average Bonchev–Trinajstić information content (AvgIpc) is 3.60. The second-order valence-electron chi connectivity index (χ2n) is 8.43. The topological polar surface area (TPSA) is 62.2 Å². The summed E-state index contributed by atoms with van der Waals surface area (Å²) < 4.78 is 1.81. The van der Waals surface area contributed by atoms with Crippen LogP contribution in [-0.2, 0) is 6.54 Å². The highest BCUT2D eigenvalue weighted by Gasteiger charge is 2.41. The summed E-state index contributed by atoms with van der Waals surface area (Å²) in [5.74, 6) is 0.534. The third kappa shape index (κ3) is 4.02. The van der Waals surface area contributed by atoms with Crippen LogP contribution in [0.2, 0.25) is 0 Å². The molecule has 3 aliphatic rings. The minimum absolute atomic E-state index is 0.0456. The zero-order valence-electron chi connectivity index (χ0n) is 16.4. The smallest absolute Gasteiger partial charge is 0.256 e. The molecule has 6 nitrogen and oxygen atoms in total. The van der Waals surface area contributed by atoms with Gasteiger partial charge in [-0.1, -0.05) is 0 Å². The van der Waals surface area contributed by atoms with Gasteiger partial charge in [-0.25, -0.2) is 0 Å². The molecule has 5 rings (SSSR count). The number of likely N-dealkylation sites (tertiary alicyclic amines) is 1. The number of rotatable bonds is 7. The van der Waals surface area contributed by atoms with E-state index in [-0.39, 0.29) is 5.91 Å². The molecule has 2 aromatic heterocycles. The lowest BCUT2D eigenvalue weighted by Gasteiger charge is -2.32. The van der Waals surface area contributed by atoms with E-state index in [4.69, 9.17) is 0 Å². The predicted octanol–water partition coefficient (Wildman–Crippen LogP) is 3.29. The zero-order chi connectivity index (χ0) is 19.1. The Bertz CT molecular complexity index is 833. The van der Waals surface area contributed by atoms with Gasteiger partial charge in [-0.2, -0.15) is 5.10 Å². The van der Waals surface area contributed by atoms with Crippen LogP contribution in [0.5, 0.6) is 0 Å². The number of hydrogen-bond donors (Lipinski definition) is 2. The lowest BCUT2D eigenvalue weighted by Crippen LogP contribution is -2.44. The van der Waals surface area contributed by atoms with Crippen LogP contribution < -0.4 is 10.6 Å². The number of hydrogen-bond acceptors (Lipinski definition) is 5. The maximum atomic E-state index is 12.5. The quantitative estimate of drug-likeness (QED) is 0.750. The first-order valence-corrected chi connectivity index (χ1v) is 11.5. The van der Waals surface area contributed by atoms with Crippen molar-refractivity contribution >= 4 is 22.9 Å². The predicted molar refractivity (Wildman–Crippen MR) is 112 cm³/mol. The van der Waals surface area contributed by atoms with Crippen LogP contribution in [0, 0.1) is 0 Å². The summed E-state index contributed by atoms with van der Waals surface area (Å²) in [6.45, 7) is 5.35.